The standard InChI is InChI=1S/C13H23BrOSSi/c1-13(2,3)17(4,5)15-10-6-7-11-8-9-12(14)16-11/h8-9H,6-7,10H2,1-5H3. The molecule has 1 rings (SSSR count). The normalized spacial score (nSPS) is 13.1. The Morgan fingerprint density at radius 3 is 2.41 bits per heavy atom. The van der Waals surface area contributed by atoms with Gasteiger partial charge in [0.15, 0.2) is 8.32 Å². The molecule has 0 fully saturated rings. The second-order valence-electron chi connectivity index (χ2n) is 5.92. The Bertz CT molecular complexity index is 355. The van der Waals surface area contributed by atoms with Gasteiger partial charge in [-0.1, -0.05) is 20.8 Å². The van der Waals surface area contributed by atoms with Gasteiger partial charge < -0.3 is 4.43 Å². The van der Waals surface area contributed by atoms with Crippen molar-refractivity contribution in [1.82, 2.24) is 0 Å². The third kappa shape index (κ3) is 4.85. The maximum atomic E-state index is 6.15. The van der Waals surface area contributed by atoms with Gasteiger partial charge in [0, 0.05) is 11.5 Å². The van der Waals surface area contributed by atoms with Crippen molar-refractivity contribution in [3.63, 3.8) is 0 Å². The highest BCUT2D eigenvalue weighted by Crippen LogP contribution is 2.36. The van der Waals surface area contributed by atoms with Crippen LogP contribution in [-0.4, -0.2) is 14.9 Å². The van der Waals surface area contributed by atoms with Gasteiger partial charge in [0.2, 0.25) is 0 Å². The summed E-state index contributed by atoms with van der Waals surface area (Å²) in [5.41, 5.74) is 0. The Balaban J connectivity index is 2.29. The average molecular weight is 335 g/mol. The molecule has 0 aliphatic rings. The first-order valence-corrected chi connectivity index (χ1v) is 10.6. The van der Waals surface area contributed by atoms with E-state index in [9.17, 15) is 0 Å². The van der Waals surface area contributed by atoms with Gasteiger partial charge in [-0.2, -0.15) is 0 Å². The predicted molar refractivity (Wildman–Crippen MR) is 83.5 cm³/mol. The van der Waals surface area contributed by atoms with Crippen LogP contribution in [0.25, 0.3) is 0 Å². The van der Waals surface area contributed by atoms with Gasteiger partial charge in [-0.15, -0.1) is 11.3 Å². The van der Waals surface area contributed by atoms with Crippen LogP contribution < -0.4 is 0 Å². The summed E-state index contributed by atoms with van der Waals surface area (Å²) in [6, 6.07) is 4.32. The van der Waals surface area contributed by atoms with E-state index in [1.807, 2.05) is 11.3 Å². The minimum absolute atomic E-state index is 0.318. The second kappa shape index (κ2) is 6.00. The summed E-state index contributed by atoms with van der Waals surface area (Å²) in [5.74, 6) is 0. The highest BCUT2D eigenvalue weighted by molar-refractivity contribution is 9.11. The molecule has 0 amide bonds. The zero-order valence-electron chi connectivity index (χ0n) is 11.5. The molecule has 0 spiro atoms. The molecule has 0 aromatic carbocycles. The van der Waals surface area contributed by atoms with Crippen LogP contribution >= 0.6 is 27.3 Å². The van der Waals surface area contributed by atoms with E-state index < -0.39 is 8.32 Å². The van der Waals surface area contributed by atoms with Crippen LogP contribution in [-0.2, 0) is 10.8 Å². The molecule has 0 saturated heterocycles. The van der Waals surface area contributed by atoms with Crippen molar-refractivity contribution in [3.8, 4) is 0 Å². The molecule has 0 bridgehead atoms. The molecule has 0 atom stereocenters. The smallest absolute Gasteiger partial charge is 0.191 e. The maximum absolute atomic E-state index is 6.15. The molecule has 0 unspecified atom stereocenters. The molecule has 0 N–H and O–H groups in total. The molecule has 1 nitrogen and oxygen atoms in total. The Morgan fingerprint density at radius 2 is 1.94 bits per heavy atom. The van der Waals surface area contributed by atoms with Crippen LogP contribution in [0.5, 0.6) is 0 Å². The van der Waals surface area contributed by atoms with Gasteiger partial charge in [0.05, 0.1) is 3.79 Å². The van der Waals surface area contributed by atoms with Gasteiger partial charge in [-0.25, -0.2) is 0 Å². The number of rotatable bonds is 5. The Labute approximate surface area is 119 Å². The van der Waals surface area contributed by atoms with E-state index >= 15 is 0 Å². The Kier molecular flexibility index (Phi) is 5.44. The van der Waals surface area contributed by atoms with Gasteiger partial charge >= 0.3 is 0 Å². The van der Waals surface area contributed by atoms with Crippen LogP contribution in [0.4, 0.5) is 0 Å². The second-order valence-corrected chi connectivity index (χ2v) is 13.3. The quantitative estimate of drug-likeness (QED) is 0.512. The monoisotopic (exact) mass is 334 g/mol. The highest BCUT2D eigenvalue weighted by atomic mass is 79.9. The fraction of sp³-hybridized carbons (Fsp3) is 0.692. The van der Waals surface area contributed by atoms with E-state index in [2.05, 4.69) is 61.9 Å². The third-order valence-electron chi connectivity index (χ3n) is 3.47. The number of hydrogen-bond acceptors (Lipinski definition) is 2. The summed E-state index contributed by atoms with van der Waals surface area (Å²) in [6.45, 7) is 12.4. The highest BCUT2D eigenvalue weighted by Gasteiger charge is 2.36. The molecular weight excluding hydrogens is 312 g/mol. The SMILES string of the molecule is CC(C)(C)[Si](C)(C)OCCCc1ccc(Br)s1. The lowest BCUT2D eigenvalue weighted by Crippen LogP contribution is -2.41. The van der Waals surface area contributed by atoms with Gasteiger partial charge in [0.25, 0.3) is 0 Å². The lowest BCUT2D eigenvalue weighted by Gasteiger charge is -2.36. The summed E-state index contributed by atoms with van der Waals surface area (Å²) >= 11 is 5.32. The zero-order valence-corrected chi connectivity index (χ0v) is 14.9. The van der Waals surface area contributed by atoms with Crippen molar-refractivity contribution in [2.45, 2.75) is 51.7 Å². The first-order valence-electron chi connectivity index (χ1n) is 6.10. The summed E-state index contributed by atoms with van der Waals surface area (Å²) in [5, 5.41) is 0.318. The number of aryl methyl sites for hydroxylation is 1. The van der Waals surface area contributed by atoms with Crippen molar-refractivity contribution in [2.75, 3.05) is 6.61 Å². The van der Waals surface area contributed by atoms with E-state index in [1.54, 1.807) is 0 Å². The van der Waals surface area contributed by atoms with Crippen LogP contribution in [0.1, 0.15) is 32.1 Å². The van der Waals surface area contributed by atoms with Crippen molar-refractivity contribution in [3.05, 3.63) is 20.8 Å². The number of hydrogen-bond donors (Lipinski definition) is 0. The predicted octanol–water partition coefficient (Wildman–Crippen LogP) is 5.47. The maximum Gasteiger partial charge on any atom is 0.191 e. The average Bonchev–Trinajstić information content (AvgIpc) is 2.57. The fourth-order valence-electron chi connectivity index (χ4n) is 1.28. The molecule has 1 heterocycles. The first kappa shape index (κ1) is 15.4. The van der Waals surface area contributed by atoms with Crippen molar-refractivity contribution in [2.24, 2.45) is 0 Å². The largest absolute Gasteiger partial charge is 0.417 e. The Morgan fingerprint density at radius 1 is 1.29 bits per heavy atom. The van der Waals surface area contributed by atoms with Gasteiger partial charge in [0.1, 0.15) is 0 Å². The minimum atomic E-state index is -1.54. The minimum Gasteiger partial charge on any atom is -0.417 e. The molecule has 17 heavy (non-hydrogen) atoms. The molecule has 98 valence electrons. The molecule has 1 aromatic heterocycles. The fourth-order valence-corrected chi connectivity index (χ4v) is 3.89. The van der Waals surface area contributed by atoms with Crippen LogP contribution in [0.15, 0.2) is 15.9 Å². The summed E-state index contributed by atoms with van der Waals surface area (Å²) in [4.78, 5) is 1.44. The first-order chi connectivity index (χ1) is 7.72. The Hall–Kier alpha value is 0.357. The van der Waals surface area contributed by atoms with E-state index in [0.717, 1.165) is 19.4 Å². The van der Waals surface area contributed by atoms with Crippen LogP contribution in [0, 0.1) is 0 Å². The van der Waals surface area contributed by atoms with Crippen molar-refractivity contribution in [1.29, 1.82) is 0 Å². The number of thiophene rings is 1. The third-order valence-corrected chi connectivity index (χ3v) is 9.69. The molecule has 0 aliphatic carbocycles. The van der Waals surface area contributed by atoms with Crippen LogP contribution in [0.2, 0.25) is 18.1 Å². The lowest BCUT2D eigenvalue weighted by molar-refractivity contribution is 0.283. The molecule has 0 aliphatic heterocycles. The van der Waals surface area contributed by atoms with E-state index in [1.165, 1.54) is 8.66 Å². The van der Waals surface area contributed by atoms with Gasteiger partial charge in [-0.3, -0.25) is 0 Å². The van der Waals surface area contributed by atoms with Crippen LogP contribution in [0.3, 0.4) is 0 Å². The molecule has 4 heteroatoms. The summed E-state index contributed by atoms with van der Waals surface area (Å²) in [6.07, 6.45) is 2.25. The summed E-state index contributed by atoms with van der Waals surface area (Å²) in [7, 11) is -1.54. The molecular formula is C13H23BrOSSi. The zero-order chi connectivity index (χ0) is 13.1. The lowest BCUT2D eigenvalue weighted by atomic mass is 10.2. The molecule has 1 aromatic rings. The van der Waals surface area contributed by atoms with Gasteiger partial charge in [-0.05, 0) is 59.0 Å². The topological polar surface area (TPSA) is 9.23 Å². The summed E-state index contributed by atoms with van der Waals surface area (Å²) < 4.78 is 7.37. The molecule has 0 radical (unpaired) electrons. The van der Waals surface area contributed by atoms with Crippen molar-refractivity contribution >= 4 is 35.6 Å². The number of halogens is 1. The molecule has 0 saturated carbocycles. The van der Waals surface area contributed by atoms with Crippen molar-refractivity contribution < 1.29 is 4.43 Å². The van der Waals surface area contributed by atoms with E-state index in [0.29, 0.717) is 5.04 Å². The van der Waals surface area contributed by atoms with E-state index in [-0.39, 0.29) is 0 Å². The van der Waals surface area contributed by atoms with E-state index in [4.69, 9.17) is 4.43 Å².